The molecular weight excluding hydrogens is 270 g/mol. The van der Waals surface area contributed by atoms with Crippen molar-refractivity contribution in [2.75, 3.05) is 7.11 Å². The maximum Gasteiger partial charge on any atom is 0.156 e. The second-order valence-electron chi connectivity index (χ2n) is 4.29. The molecule has 0 radical (unpaired) electrons. The topological polar surface area (TPSA) is 52.3 Å². The number of rotatable bonds is 4. The highest BCUT2D eigenvalue weighted by Crippen LogP contribution is 2.26. The van der Waals surface area contributed by atoms with E-state index in [2.05, 4.69) is 15.9 Å². The van der Waals surface area contributed by atoms with Crippen LogP contribution in [0.4, 0.5) is 0 Å². The van der Waals surface area contributed by atoms with Crippen LogP contribution in [0.1, 0.15) is 19.4 Å². The molecule has 1 aromatic carbocycles. The number of hydrogen-bond donors (Lipinski definition) is 1. The first kappa shape index (κ1) is 13.2. The normalized spacial score (nSPS) is 11.3. The molecule has 3 nitrogen and oxygen atoms in total. The number of methoxy groups -OCH3 is 1. The Morgan fingerprint density at radius 3 is 2.56 bits per heavy atom. The minimum atomic E-state index is -0.785. The molecule has 0 unspecified atom stereocenters. The van der Waals surface area contributed by atoms with E-state index in [4.69, 9.17) is 10.5 Å². The van der Waals surface area contributed by atoms with Crippen LogP contribution < -0.4 is 10.5 Å². The van der Waals surface area contributed by atoms with Gasteiger partial charge in [-0.05, 0) is 47.5 Å². The highest BCUT2D eigenvalue weighted by atomic mass is 79.9. The third kappa shape index (κ3) is 3.32. The van der Waals surface area contributed by atoms with Gasteiger partial charge in [-0.15, -0.1) is 0 Å². The van der Waals surface area contributed by atoms with Gasteiger partial charge in [0.2, 0.25) is 0 Å². The Labute approximate surface area is 104 Å². The van der Waals surface area contributed by atoms with E-state index in [0.717, 1.165) is 15.8 Å². The molecule has 0 fully saturated rings. The fraction of sp³-hybridized carbons (Fsp3) is 0.417. The van der Waals surface area contributed by atoms with E-state index < -0.39 is 5.54 Å². The number of halogens is 1. The predicted octanol–water partition coefficient (Wildman–Crippen LogP) is 2.31. The van der Waals surface area contributed by atoms with Crippen molar-refractivity contribution in [3.8, 4) is 5.75 Å². The first-order valence-electron chi connectivity index (χ1n) is 4.99. The van der Waals surface area contributed by atoms with E-state index in [0.29, 0.717) is 6.42 Å². The summed E-state index contributed by atoms with van der Waals surface area (Å²) in [4.78, 5) is 11.7. The Morgan fingerprint density at radius 2 is 2.12 bits per heavy atom. The lowest BCUT2D eigenvalue weighted by molar-refractivity contribution is -0.122. The van der Waals surface area contributed by atoms with E-state index in [1.807, 2.05) is 18.2 Å². The van der Waals surface area contributed by atoms with Gasteiger partial charge < -0.3 is 10.5 Å². The molecule has 1 aromatic rings. The van der Waals surface area contributed by atoms with Crippen molar-refractivity contribution in [3.05, 3.63) is 28.2 Å². The Balaban J connectivity index is 2.84. The molecule has 0 aliphatic heterocycles. The van der Waals surface area contributed by atoms with Crippen molar-refractivity contribution < 1.29 is 9.53 Å². The molecule has 0 saturated heterocycles. The summed E-state index contributed by atoms with van der Waals surface area (Å²) >= 11 is 3.38. The van der Waals surface area contributed by atoms with Crippen LogP contribution in [0.15, 0.2) is 22.7 Å². The summed E-state index contributed by atoms with van der Waals surface area (Å²) in [6.45, 7) is 3.43. The Morgan fingerprint density at radius 1 is 1.50 bits per heavy atom. The zero-order chi connectivity index (χ0) is 12.3. The molecule has 0 amide bonds. The van der Waals surface area contributed by atoms with Gasteiger partial charge in [-0.2, -0.15) is 0 Å². The molecule has 0 spiro atoms. The molecule has 0 saturated carbocycles. The molecule has 16 heavy (non-hydrogen) atoms. The molecule has 0 aliphatic carbocycles. The fourth-order valence-corrected chi connectivity index (χ4v) is 1.82. The van der Waals surface area contributed by atoms with Crippen LogP contribution in [0, 0.1) is 0 Å². The standard InChI is InChI=1S/C12H16BrNO2/c1-12(2,14)11(15)7-8-4-5-10(16-3)9(13)6-8/h4-6H,7,14H2,1-3H3. The lowest BCUT2D eigenvalue weighted by Gasteiger charge is -2.16. The van der Waals surface area contributed by atoms with Gasteiger partial charge in [0, 0.05) is 6.42 Å². The molecule has 88 valence electrons. The van der Waals surface area contributed by atoms with Crippen molar-refractivity contribution in [2.45, 2.75) is 25.8 Å². The largest absolute Gasteiger partial charge is 0.496 e. The van der Waals surface area contributed by atoms with Crippen LogP contribution in [-0.2, 0) is 11.2 Å². The van der Waals surface area contributed by atoms with Crippen LogP contribution >= 0.6 is 15.9 Å². The fourth-order valence-electron chi connectivity index (χ4n) is 1.23. The second-order valence-corrected chi connectivity index (χ2v) is 5.14. The Bertz CT molecular complexity index is 396. The summed E-state index contributed by atoms with van der Waals surface area (Å²) in [5.41, 5.74) is 5.88. The molecule has 2 N–H and O–H groups in total. The summed E-state index contributed by atoms with van der Waals surface area (Å²) in [7, 11) is 1.61. The van der Waals surface area contributed by atoms with Crippen LogP contribution in [0.2, 0.25) is 0 Å². The minimum Gasteiger partial charge on any atom is -0.496 e. The molecule has 0 atom stereocenters. The Hall–Kier alpha value is -0.870. The van der Waals surface area contributed by atoms with E-state index in [1.165, 1.54) is 0 Å². The third-order valence-corrected chi connectivity index (χ3v) is 2.92. The van der Waals surface area contributed by atoms with E-state index in [1.54, 1.807) is 21.0 Å². The van der Waals surface area contributed by atoms with Gasteiger partial charge in [0.1, 0.15) is 5.75 Å². The highest BCUT2D eigenvalue weighted by molar-refractivity contribution is 9.10. The third-order valence-electron chi connectivity index (χ3n) is 2.30. The zero-order valence-electron chi connectivity index (χ0n) is 9.71. The van der Waals surface area contributed by atoms with Crippen LogP contribution in [0.25, 0.3) is 0 Å². The SMILES string of the molecule is COc1ccc(CC(=O)C(C)(C)N)cc1Br. The molecule has 0 heterocycles. The van der Waals surface area contributed by atoms with Gasteiger partial charge in [-0.25, -0.2) is 0 Å². The number of carbonyl (C=O) groups is 1. The number of nitrogens with two attached hydrogens (primary N) is 1. The molecule has 0 bridgehead atoms. The predicted molar refractivity (Wildman–Crippen MR) is 67.7 cm³/mol. The maximum atomic E-state index is 11.7. The summed E-state index contributed by atoms with van der Waals surface area (Å²) in [5.74, 6) is 0.771. The Kier molecular flexibility index (Phi) is 4.10. The first-order chi connectivity index (χ1) is 7.34. The van der Waals surface area contributed by atoms with Gasteiger partial charge >= 0.3 is 0 Å². The summed E-state index contributed by atoms with van der Waals surface area (Å²) < 4.78 is 5.96. The summed E-state index contributed by atoms with van der Waals surface area (Å²) in [6, 6.07) is 5.58. The lowest BCUT2D eigenvalue weighted by Crippen LogP contribution is -2.42. The number of ketones is 1. The van der Waals surface area contributed by atoms with Crippen molar-refractivity contribution in [1.82, 2.24) is 0 Å². The monoisotopic (exact) mass is 285 g/mol. The quantitative estimate of drug-likeness (QED) is 0.924. The van der Waals surface area contributed by atoms with Crippen molar-refractivity contribution in [3.63, 3.8) is 0 Å². The lowest BCUT2D eigenvalue weighted by atomic mass is 9.95. The van der Waals surface area contributed by atoms with Gasteiger partial charge in [-0.1, -0.05) is 6.07 Å². The highest BCUT2D eigenvalue weighted by Gasteiger charge is 2.21. The smallest absolute Gasteiger partial charge is 0.156 e. The molecule has 1 rings (SSSR count). The average molecular weight is 286 g/mol. The molecule has 0 aliphatic rings. The van der Waals surface area contributed by atoms with Crippen molar-refractivity contribution in [2.24, 2.45) is 5.73 Å². The number of Topliss-reactive ketones (excluding diaryl/α,β-unsaturated/α-hetero) is 1. The van der Waals surface area contributed by atoms with E-state index in [9.17, 15) is 4.79 Å². The summed E-state index contributed by atoms with van der Waals surface area (Å²) in [6.07, 6.45) is 0.339. The molecule has 0 aromatic heterocycles. The number of carbonyl (C=O) groups excluding carboxylic acids is 1. The van der Waals surface area contributed by atoms with Crippen LogP contribution in [0.3, 0.4) is 0 Å². The van der Waals surface area contributed by atoms with Gasteiger partial charge in [0.25, 0.3) is 0 Å². The maximum absolute atomic E-state index is 11.7. The molecule has 4 heteroatoms. The average Bonchev–Trinajstić information content (AvgIpc) is 2.16. The number of hydrogen-bond acceptors (Lipinski definition) is 3. The first-order valence-corrected chi connectivity index (χ1v) is 5.78. The van der Waals surface area contributed by atoms with E-state index in [-0.39, 0.29) is 5.78 Å². The van der Waals surface area contributed by atoms with Crippen LogP contribution in [0.5, 0.6) is 5.75 Å². The summed E-state index contributed by atoms with van der Waals surface area (Å²) in [5, 5.41) is 0. The number of ether oxygens (including phenoxy) is 1. The van der Waals surface area contributed by atoms with Crippen molar-refractivity contribution >= 4 is 21.7 Å². The minimum absolute atomic E-state index is 0.0181. The van der Waals surface area contributed by atoms with Crippen LogP contribution in [-0.4, -0.2) is 18.4 Å². The van der Waals surface area contributed by atoms with E-state index >= 15 is 0 Å². The van der Waals surface area contributed by atoms with Gasteiger partial charge in [0.15, 0.2) is 5.78 Å². The van der Waals surface area contributed by atoms with Crippen molar-refractivity contribution in [1.29, 1.82) is 0 Å². The second kappa shape index (κ2) is 4.97. The van der Waals surface area contributed by atoms with Gasteiger partial charge in [-0.3, -0.25) is 4.79 Å². The zero-order valence-corrected chi connectivity index (χ0v) is 11.3. The molecular formula is C12H16BrNO2. The number of benzene rings is 1. The van der Waals surface area contributed by atoms with Gasteiger partial charge in [0.05, 0.1) is 17.1 Å².